The van der Waals surface area contributed by atoms with Gasteiger partial charge in [0.05, 0.1) is 25.5 Å². The largest absolute Gasteiger partial charge is 0.467 e. The van der Waals surface area contributed by atoms with Crippen LogP contribution in [0.15, 0.2) is 41.0 Å². The van der Waals surface area contributed by atoms with E-state index in [-0.39, 0.29) is 31.3 Å². The first kappa shape index (κ1) is 31.9. The molecule has 0 aliphatic carbocycles. The van der Waals surface area contributed by atoms with Crippen molar-refractivity contribution < 1.29 is 28.2 Å². The molecule has 1 atom stereocenters. The van der Waals surface area contributed by atoms with Crippen LogP contribution in [0.4, 0.5) is 0 Å². The fourth-order valence-corrected chi connectivity index (χ4v) is 5.73. The Hall–Kier alpha value is -3.00. The summed E-state index contributed by atoms with van der Waals surface area (Å²) in [6.45, 7) is 4.35. The zero-order chi connectivity index (χ0) is 29.4. The van der Waals surface area contributed by atoms with Gasteiger partial charge in [-0.15, -0.1) is 0 Å². The van der Waals surface area contributed by atoms with Crippen LogP contribution in [0.3, 0.4) is 0 Å². The monoisotopic (exact) mass is 582 g/mol. The Morgan fingerprint density at radius 3 is 2.26 bits per heavy atom. The summed E-state index contributed by atoms with van der Waals surface area (Å²) in [6, 6.07) is 9.40. The van der Waals surface area contributed by atoms with E-state index < -0.39 is 0 Å². The summed E-state index contributed by atoms with van der Waals surface area (Å²) in [5.41, 5.74) is 0.928. The van der Waals surface area contributed by atoms with Crippen LogP contribution in [0.2, 0.25) is 0 Å². The highest BCUT2D eigenvalue weighted by atomic mass is 16.7. The van der Waals surface area contributed by atoms with Crippen molar-refractivity contribution in [3.63, 3.8) is 0 Å². The van der Waals surface area contributed by atoms with Crippen molar-refractivity contribution in [1.29, 1.82) is 0 Å². The summed E-state index contributed by atoms with van der Waals surface area (Å²) in [7, 11) is 0. The smallest absolute Gasteiger partial charge is 0.242 e. The van der Waals surface area contributed by atoms with Gasteiger partial charge in [-0.25, -0.2) is 0 Å². The molecule has 2 aromatic rings. The van der Waals surface area contributed by atoms with Gasteiger partial charge in [0, 0.05) is 26.1 Å². The van der Waals surface area contributed by atoms with Crippen LogP contribution in [-0.2, 0) is 27.4 Å². The number of rotatable bonds is 20. The minimum Gasteiger partial charge on any atom is -0.467 e. The standard InChI is InChI=1S/C34H50N2O6/c1-2-3-4-5-6-7-8-9-10-11-12-17-33(37)36(25-30-16-14-21-40-30)26-34(38)35(24-29-15-13-20-39-29)23-28-18-19-31-32(22-28)42-27-41-31/h13,15,18-20,22,30H,2-12,14,16-17,21,23-27H2,1H3. The van der Waals surface area contributed by atoms with Gasteiger partial charge in [-0.1, -0.05) is 77.2 Å². The molecule has 1 unspecified atom stereocenters. The predicted octanol–water partition coefficient (Wildman–Crippen LogP) is 7.25. The minimum absolute atomic E-state index is 0.00791. The highest BCUT2D eigenvalue weighted by Crippen LogP contribution is 2.33. The van der Waals surface area contributed by atoms with Gasteiger partial charge >= 0.3 is 0 Å². The average molecular weight is 583 g/mol. The van der Waals surface area contributed by atoms with E-state index in [2.05, 4.69) is 6.92 Å². The second-order valence-electron chi connectivity index (χ2n) is 11.7. The van der Waals surface area contributed by atoms with E-state index in [0.717, 1.165) is 31.2 Å². The molecule has 0 N–H and O–H groups in total. The number of fused-ring (bicyclic) bond motifs is 1. The molecule has 2 aliphatic heterocycles. The highest BCUT2D eigenvalue weighted by Gasteiger charge is 2.27. The zero-order valence-electron chi connectivity index (χ0n) is 25.5. The van der Waals surface area contributed by atoms with Crippen LogP contribution in [0.1, 0.15) is 108 Å². The van der Waals surface area contributed by atoms with Crippen molar-refractivity contribution in [2.75, 3.05) is 26.5 Å². The van der Waals surface area contributed by atoms with Crippen LogP contribution >= 0.6 is 0 Å². The maximum absolute atomic E-state index is 13.7. The third-order valence-electron chi connectivity index (χ3n) is 8.21. The van der Waals surface area contributed by atoms with Gasteiger partial charge in [0.25, 0.3) is 0 Å². The third-order valence-corrected chi connectivity index (χ3v) is 8.21. The summed E-state index contributed by atoms with van der Waals surface area (Å²) >= 11 is 0. The normalized spacial score (nSPS) is 15.7. The van der Waals surface area contributed by atoms with E-state index >= 15 is 0 Å². The number of hydrogen-bond donors (Lipinski definition) is 0. The average Bonchev–Trinajstić information content (AvgIpc) is 3.79. The molecule has 0 radical (unpaired) electrons. The molecule has 1 fully saturated rings. The lowest BCUT2D eigenvalue weighted by Crippen LogP contribution is -2.45. The van der Waals surface area contributed by atoms with E-state index in [1.54, 1.807) is 16.1 Å². The first-order chi connectivity index (χ1) is 20.6. The van der Waals surface area contributed by atoms with Crippen molar-refractivity contribution >= 4 is 11.8 Å². The topological polar surface area (TPSA) is 81.5 Å². The molecule has 232 valence electrons. The molecular formula is C34H50N2O6. The molecule has 2 aliphatic rings. The number of carbonyl (C=O) groups is 2. The summed E-state index contributed by atoms with van der Waals surface area (Å²) in [6.07, 6.45) is 17.6. The molecule has 0 spiro atoms. The van der Waals surface area contributed by atoms with Crippen LogP contribution < -0.4 is 9.47 Å². The highest BCUT2D eigenvalue weighted by molar-refractivity contribution is 5.85. The van der Waals surface area contributed by atoms with Crippen molar-refractivity contribution in [3.05, 3.63) is 47.9 Å². The van der Waals surface area contributed by atoms with Crippen LogP contribution in [0.5, 0.6) is 11.5 Å². The molecule has 1 aromatic heterocycles. The number of nitrogens with zero attached hydrogens (tertiary/aromatic N) is 2. The third kappa shape index (κ3) is 10.7. The summed E-state index contributed by atoms with van der Waals surface area (Å²) in [4.78, 5) is 30.6. The van der Waals surface area contributed by atoms with Crippen LogP contribution in [0.25, 0.3) is 0 Å². The maximum Gasteiger partial charge on any atom is 0.242 e. The maximum atomic E-state index is 13.7. The van der Waals surface area contributed by atoms with Crippen LogP contribution in [-0.4, -0.2) is 54.2 Å². The first-order valence-corrected chi connectivity index (χ1v) is 16.2. The lowest BCUT2D eigenvalue weighted by atomic mass is 10.0. The second-order valence-corrected chi connectivity index (χ2v) is 11.7. The number of unbranched alkanes of at least 4 members (excludes halogenated alkanes) is 10. The quantitative estimate of drug-likeness (QED) is 0.153. The van der Waals surface area contributed by atoms with Crippen LogP contribution in [0, 0.1) is 0 Å². The summed E-state index contributed by atoms with van der Waals surface area (Å²) in [5, 5.41) is 0. The molecular weight excluding hydrogens is 532 g/mol. The van der Waals surface area contributed by atoms with Crippen molar-refractivity contribution in [3.8, 4) is 11.5 Å². The molecule has 0 bridgehead atoms. The Labute approximate surface area is 251 Å². The SMILES string of the molecule is CCCCCCCCCCCCCC(=O)N(CC(=O)N(Cc1ccc2c(c1)OCO2)Cc1ccco1)CC1CCCO1. The van der Waals surface area contributed by atoms with E-state index in [1.807, 2.05) is 30.3 Å². The minimum atomic E-state index is -0.116. The van der Waals surface area contributed by atoms with E-state index in [1.165, 1.54) is 57.8 Å². The van der Waals surface area contributed by atoms with E-state index in [4.69, 9.17) is 18.6 Å². The van der Waals surface area contributed by atoms with Crippen molar-refractivity contribution in [2.24, 2.45) is 0 Å². The number of benzene rings is 1. The summed E-state index contributed by atoms with van der Waals surface area (Å²) < 4.78 is 22.4. The second kappa shape index (κ2) is 17.8. The van der Waals surface area contributed by atoms with Gasteiger partial charge in [-0.3, -0.25) is 9.59 Å². The van der Waals surface area contributed by atoms with Gasteiger partial charge in [-0.05, 0) is 49.1 Å². The van der Waals surface area contributed by atoms with Gasteiger partial charge in [0.15, 0.2) is 11.5 Å². The Morgan fingerprint density at radius 2 is 1.57 bits per heavy atom. The number of furan rings is 1. The van der Waals surface area contributed by atoms with E-state index in [0.29, 0.717) is 49.9 Å². The number of ether oxygens (including phenoxy) is 3. The van der Waals surface area contributed by atoms with Gasteiger partial charge in [0.1, 0.15) is 5.76 Å². The Bertz CT molecular complexity index is 1070. The molecule has 4 rings (SSSR count). The van der Waals surface area contributed by atoms with Gasteiger partial charge in [0.2, 0.25) is 18.6 Å². The molecule has 2 amide bonds. The first-order valence-electron chi connectivity index (χ1n) is 16.2. The van der Waals surface area contributed by atoms with Crippen molar-refractivity contribution in [1.82, 2.24) is 9.80 Å². The lowest BCUT2D eigenvalue weighted by Gasteiger charge is -2.29. The fourth-order valence-electron chi connectivity index (χ4n) is 5.73. The number of hydrogen-bond acceptors (Lipinski definition) is 6. The zero-order valence-corrected chi connectivity index (χ0v) is 25.5. The summed E-state index contributed by atoms with van der Waals surface area (Å²) in [5.74, 6) is 2.01. The molecule has 8 nitrogen and oxygen atoms in total. The Morgan fingerprint density at radius 1 is 0.833 bits per heavy atom. The lowest BCUT2D eigenvalue weighted by molar-refractivity contribution is -0.142. The molecule has 8 heteroatoms. The molecule has 0 saturated carbocycles. The molecule has 42 heavy (non-hydrogen) atoms. The van der Waals surface area contributed by atoms with E-state index in [9.17, 15) is 9.59 Å². The predicted molar refractivity (Wildman–Crippen MR) is 162 cm³/mol. The Kier molecular flexibility index (Phi) is 13.6. The molecule has 1 saturated heterocycles. The van der Waals surface area contributed by atoms with Crippen molar-refractivity contribution in [2.45, 2.75) is 116 Å². The van der Waals surface area contributed by atoms with Gasteiger partial charge < -0.3 is 28.4 Å². The van der Waals surface area contributed by atoms with Gasteiger partial charge in [-0.2, -0.15) is 0 Å². The number of amides is 2. The Balaban J connectivity index is 1.29. The number of carbonyl (C=O) groups excluding carboxylic acids is 2. The fraction of sp³-hybridized carbons (Fsp3) is 0.647. The molecule has 1 aromatic carbocycles. The molecule has 3 heterocycles.